The fourth-order valence-corrected chi connectivity index (χ4v) is 2.09. The molecular weight excluding hydrogens is 278 g/mol. The molecule has 1 unspecified atom stereocenters. The molecule has 1 heterocycles. The van der Waals surface area contributed by atoms with Crippen molar-refractivity contribution in [3.05, 3.63) is 52.5 Å². The topological polar surface area (TPSA) is 40.7 Å². The van der Waals surface area contributed by atoms with Crippen molar-refractivity contribution in [2.24, 2.45) is 0 Å². The normalized spacial score (nSPS) is 12.6. The molecule has 1 atom stereocenters. The monoisotopic (exact) mass is 293 g/mol. The van der Waals surface area contributed by atoms with E-state index in [9.17, 15) is 0 Å². The van der Waals surface area contributed by atoms with E-state index in [4.69, 9.17) is 0 Å². The first kappa shape index (κ1) is 12.3. The number of hydrogen-bond acceptors (Lipinski definition) is 2. The highest BCUT2D eigenvalue weighted by Crippen LogP contribution is 2.12. The number of nitrogens with one attached hydrogen (secondary N) is 2. The van der Waals surface area contributed by atoms with Gasteiger partial charge in [-0.15, -0.1) is 0 Å². The maximum Gasteiger partial charge on any atom is 0.107 e. The molecule has 1 aromatic heterocycles. The predicted molar refractivity (Wildman–Crippen MR) is 73.0 cm³/mol. The van der Waals surface area contributed by atoms with Crippen LogP contribution in [-0.4, -0.2) is 23.1 Å². The summed E-state index contributed by atoms with van der Waals surface area (Å²) in [5.74, 6) is 1.03. The maximum absolute atomic E-state index is 4.26. The van der Waals surface area contributed by atoms with Crippen LogP contribution in [-0.2, 0) is 12.8 Å². The fraction of sp³-hybridized carbons (Fsp3) is 0.308. The van der Waals surface area contributed by atoms with Gasteiger partial charge in [0.2, 0.25) is 0 Å². The third-order valence-corrected chi connectivity index (χ3v) is 3.33. The standard InChI is InChI=1S/C13H16BrN3/c1-15-12(9-13-16-6-7-17-13)8-10-2-4-11(14)5-3-10/h2-7,12,15H,8-9H2,1H3,(H,16,17). The van der Waals surface area contributed by atoms with E-state index in [-0.39, 0.29) is 0 Å². The van der Waals surface area contributed by atoms with Gasteiger partial charge in [0.05, 0.1) is 0 Å². The first-order valence-corrected chi connectivity index (χ1v) is 6.47. The molecule has 90 valence electrons. The minimum Gasteiger partial charge on any atom is -0.349 e. The molecule has 0 saturated carbocycles. The predicted octanol–water partition coefficient (Wildman–Crippen LogP) is 2.55. The van der Waals surface area contributed by atoms with Crippen LogP contribution in [0.2, 0.25) is 0 Å². The Bertz CT molecular complexity index is 436. The molecule has 0 aliphatic rings. The summed E-state index contributed by atoms with van der Waals surface area (Å²) in [6.07, 6.45) is 5.58. The van der Waals surface area contributed by atoms with Crippen molar-refractivity contribution in [3.8, 4) is 0 Å². The molecule has 2 rings (SSSR count). The number of aromatic nitrogens is 2. The van der Waals surface area contributed by atoms with Crippen LogP contribution in [0.3, 0.4) is 0 Å². The highest BCUT2D eigenvalue weighted by Gasteiger charge is 2.09. The second-order valence-electron chi connectivity index (χ2n) is 4.06. The summed E-state index contributed by atoms with van der Waals surface area (Å²) in [7, 11) is 1.99. The largest absolute Gasteiger partial charge is 0.349 e. The Hall–Kier alpha value is -1.13. The lowest BCUT2D eigenvalue weighted by atomic mass is 10.0. The molecule has 2 N–H and O–H groups in total. The number of rotatable bonds is 5. The van der Waals surface area contributed by atoms with Crippen LogP contribution in [0, 0.1) is 0 Å². The van der Waals surface area contributed by atoms with Crippen molar-refractivity contribution in [1.29, 1.82) is 0 Å². The van der Waals surface area contributed by atoms with Gasteiger partial charge in [0.1, 0.15) is 5.82 Å². The lowest BCUT2D eigenvalue weighted by Crippen LogP contribution is -2.30. The van der Waals surface area contributed by atoms with Gasteiger partial charge in [0.15, 0.2) is 0 Å². The van der Waals surface area contributed by atoms with Crippen LogP contribution in [0.4, 0.5) is 0 Å². The van der Waals surface area contributed by atoms with Gasteiger partial charge in [-0.1, -0.05) is 28.1 Å². The average molecular weight is 294 g/mol. The zero-order chi connectivity index (χ0) is 12.1. The number of H-pyrrole nitrogens is 1. The molecule has 17 heavy (non-hydrogen) atoms. The van der Waals surface area contributed by atoms with E-state index in [1.54, 1.807) is 6.20 Å². The molecule has 0 amide bonds. The maximum atomic E-state index is 4.26. The molecular formula is C13H16BrN3. The van der Waals surface area contributed by atoms with Gasteiger partial charge in [-0.05, 0) is 31.2 Å². The minimum atomic E-state index is 0.405. The van der Waals surface area contributed by atoms with Gasteiger partial charge >= 0.3 is 0 Å². The summed E-state index contributed by atoms with van der Waals surface area (Å²) in [6, 6.07) is 8.86. The molecule has 0 aliphatic heterocycles. The van der Waals surface area contributed by atoms with Crippen molar-refractivity contribution in [1.82, 2.24) is 15.3 Å². The van der Waals surface area contributed by atoms with E-state index in [1.165, 1.54) is 5.56 Å². The quantitative estimate of drug-likeness (QED) is 0.889. The zero-order valence-corrected chi connectivity index (χ0v) is 11.4. The van der Waals surface area contributed by atoms with Crippen molar-refractivity contribution < 1.29 is 0 Å². The molecule has 0 bridgehead atoms. The van der Waals surface area contributed by atoms with Crippen LogP contribution in [0.25, 0.3) is 0 Å². The smallest absolute Gasteiger partial charge is 0.107 e. The van der Waals surface area contributed by atoms with Crippen molar-refractivity contribution in [2.45, 2.75) is 18.9 Å². The van der Waals surface area contributed by atoms with E-state index in [0.29, 0.717) is 6.04 Å². The first-order chi connectivity index (χ1) is 8.28. The number of benzene rings is 1. The van der Waals surface area contributed by atoms with Gasteiger partial charge in [0, 0.05) is 29.3 Å². The third-order valence-electron chi connectivity index (χ3n) is 2.80. The number of imidazole rings is 1. The van der Waals surface area contributed by atoms with Crippen molar-refractivity contribution in [3.63, 3.8) is 0 Å². The van der Waals surface area contributed by atoms with E-state index in [2.05, 4.69) is 55.5 Å². The van der Waals surface area contributed by atoms with E-state index < -0.39 is 0 Å². The van der Waals surface area contributed by atoms with Crippen LogP contribution < -0.4 is 5.32 Å². The summed E-state index contributed by atoms with van der Waals surface area (Å²) in [5.41, 5.74) is 1.33. The molecule has 0 fully saturated rings. The summed E-state index contributed by atoms with van der Waals surface area (Å²) < 4.78 is 1.12. The Balaban J connectivity index is 1.97. The van der Waals surface area contributed by atoms with E-state index in [1.807, 2.05) is 13.2 Å². The Kier molecular flexibility index (Phi) is 4.34. The van der Waals surface area contributed by atoms with Gasteiger partial charge in [-0.2, -0.15) is 0 Å². The Labute approximate surface area is 110 Å². The summed E-state index contributed by atoms with van der Waals surface area (Å²) in [6.45, 7) is 0. The summed E-state index contributed by atoms with van der Waals surface area (Å²) in [5, 5.41) is 3.33. The van der Waals surface area contributed by atoms with Crippen LogP contribution in [0.15, 0.2) is 41.1 Å². The van der Waals surface area contributed by atoms with Crippen molar-refractivity contribution in [2.75, 3.05) is 7.05 Å². The Morgan fingerprint density at radius 3 is 2.65 bits per heavy atom. The van der Waals surface area contributed by atoms with Crippen molar-refractivity contribution >= 4 is 15.9 Å². The number of hydrogen-bond donors (Lipinski definition) is 2. The summed E-state index contributed by atoms with van der Waals surface area (Å²) in [4.78, 5) is 7.39. The molecule has 0 aliphatic carbocycles. The molecule has 1 aromatic carbocycles. The second kappa shape index (κ2) is 5.98. The van der Waals surface area contributed by atoms with Crippen LogP contribution in [0.5, 0.6) is 0 Å². The highest BCUT2D eigenvalue weighted by molar-refractivity contribution is 9.10. The molecule has 0 spiro atoms. The Morgan fingerprint density at radius 2 is 2.06 bits per heavy atom. The highest BCUT2D eigenvalue weighted by atomic mass is 79.9. The molecule has 4 heteroatoms. The average Bonchev–Trinajstić information content (AvgIpc) is 2.84. The minimum absolute atomic E-state index is 0.405. The molecule has 0 radical (unpaired) electrons. The fourth-order valence-electron chi connectivity index (χ4n) is 1.82. The number of likely N-dealkylation sites (N-methyl/N-ethyl adjacent to an activating group) is 1. The molecule has 0 saturated heterocycles. The SMILES string of the molecule is CNC(Cc1ccc(Br)cc1)Cc1ncc[nH]1. The van der Waals surface area contributed by atoms with Gasteiger partial charge in [0.25, 0.3) is 0 Å². The van der Waals surface area contributed by atoms with Gasteiger partial charge in [-0.3, -0.25) is 0 Å². The third kappa shape index (κ3) is 3.68. The number of aromatic amines is 1. The van der Waals surface area contributed by atoms with Crippen LogP contribution >= 0.6 is 15.9 Å². The zero-order valence-electron chi connectivity index (χ0n) is 9.78. The lowest BCUT2D eigenvalue weighted by Gasteiger charge is -2.14. The second-order valence-corrected chi connectivity index (χ2v) is 4.97. The van der Waals surface area contributed by atoms with E-state index >= 15 is 0 Å². The first-order valence-electron chi connectivity index (χ1n) is 5.68. The lowest BCUT2D eigenvalue weighted by molar-refractivity contribution is 0.545. The van der Waals surface area contributed by atoms with E-state index in [0.717, 1.165) is 23.1 Å². The molecule has 2 aromatic rings. The van der Waals surface area contributed by atoms with Gasteiger partial charge in [-0.25, -0.2) is 4.98 Å². The number of halogens is 1. The van der Waals surface area contributed by atoms with Crippen LogP contribution in [0.1, 0.15) is 11.4 Å². The summed E-state index contributed by atoms with van der Waals surface area (Å²) >= 11 is 3.45. The molecule has 3 nitrogen and oxygen atoms in total. The van der Waals surface area contributed by atoms with Gasteiger partial charge < -0.3 is 10.3 Å². The number of nitrogens with zero attached hydrogens (tertiary/aromatic N) is 1. The Morgan fingerprint density at radius 1 is 1.29 bits per heavy atom.